The Bertz CT molecular complexity index is 808. The van der Waals surface area contributed by atoms with Crippen molar-refractivity contribution in [1.29, 1.82) is 0 Å². The van der Waals surface area contributed by atoms with Gasteiger partial charge in [0.2, 0.25) is 0 Å². The molecule has 2 aromatic heterocycles. The molecule has 1 atom stereocenters. The van der Waals surface area contributed by atoms with Gasteiger partial charge in [0.05, 0.1) is 38.2 Å². The molecule has 2 fully saturated rings. The van der Waals surface area contributed by atoms with Crippen molar-refractivity contribution in [2.75, 3.05) is 49.3 Å². The lowest BCUT2D eigenvalue weighted by Crippen LogP contribution is -2.61. The van der Waals surface area contributed by atoms with E-state index in [1.165, 1.54) is 0 Å². The van der Waals surface area contributed by atoms with Gasteiger partial charge in [0.15, 0.2) is 0 Å². The Morgan fingerprint density at radius 3 is 2.92 bits per heavy atom. The van der Waals surface area contributed by atoms with Gasteiger partial charge in [-0.15, -0.1) is 0 Å². The number of aromatic nitrogens is 3. The van der Waals surface area contributed by atoms with Crippen LogP contribution in [-0.4, -0.2) is 65.7 Å². The maximum absolute atomic E-state index is 12.4. The average Bonchev–Trinajstić information content (AvgIpc) is 2.95. The van der Waals surface area contributed by atoms with E-state index in [2.05, 4.69) is 15.0 Å². The van der Waals surface area contributed by atoms with E-state index in [-0.39, 0.29) is 12.5 Å². The van der Waals surface area contributed by atoms with Gasteiger partial charge in [0, 0.05) is 25.5 Å². The van der Waals surface area contributed by atoms with Crippen molar-refractivity contribution < 1.29 is 14.3 Å². The number of carbonyl (C=O) groups is 1. The molecule has 2 aliphatic heterocycles. The van der Waals surface area contributed by atoms with E-state index in [9.17, 15) is 4.79 Å². The molecule has 26 heavy (non-hydrogen) atoms. The standard InChI is InChI=1S/C18H23N5O3/c1-14-4-3-5-16(20-14)22-6-7-25-13-18(11-22)12-23(17(24)10-26-18)15-8-19-21(2)9-15/h3-5,8-9H,6-7,10-13H2,1-2H3. The van der Waals surface area contributed by atoms with Crippen molar-refractivity contribution in [3.63, 3.8) is 0 Å². The Morgan fingerprint density at radius 1 is 1.27 bits per heavy atom. The topological polar surface area (TPSA) is 72.7 Å². The Balaban J connectivity index is 1.60. The fourth-order valence-corrected chi connectivity index (χ4v) is 3.49. The van der Waals surface area contributed by atoms with Crippen molar-refractivity contribution in [3.05, 3.63) is 36.3 Å². The molecule has 8 nitrogen and oxygen atoms in total. The zero-order chi connectivity index (χ0) is 18.1. The molecule has 2 aromatic rings. The first-order valence-corrected chi connectivity index (χ1v) is 8.74. The van der Waals surface area contributed by atoms with Crippen LogP contribution in [0.4, 0.5) is 11.5 Å². The third-order valence-corrected chi connectivity index (χ3v) is 4.80. The number of hydrogen-bond donors (Lipinski definition) is 0. The first-order chi connectivity index (χ1) is 12.5. The number of ether oxygens (including phenoxy) is 2. The lowest BCUT2D eigenvalue weighted by molar-refractivity contribution is -0.143. The van der Waals surface area contributed by atoms with E-state index >= 15 is 0 Å². The van der Waals surface area contributed by atoms with Crippen LogP contribution >= 0.6 is 0 Å². The van der Waals surface area contributed by atoms with Gasteiger partial charge in [-0.1, -0.05) is 6.07 Å². The molecule has 8 heteroatoms. The minimum absolute atomic E-state index is 0.0351. The number of amides is 1. The van der Waals surface area contributed by atoms with E-state index in [1.54, 1.807) is 15.8 Å². The van der Waals surface area contributed by atoms with Crippen LogP contribution in [0.25, 0.3) is 0 Å². The summed E-state index contributed by atoms with van der Waals surface area (Å²) in [6.45, 7) is 4.84. The van der Waals surface area contributed by atoms with Gasteiger partial charge in [-0.25, -0.2) is 4.98 Å². The molecular weight excluding hydrogens is 334 g/mol. The van der Waals surface area contributed by atoms with Gasteiger partial charge in [-0.3, -0.25) is 9.48 Å². The fourth-order valence-electron chi connectivity index (χ4n) is 3.49. The highest BCUT2D eigenvalue weighted by molar-refractivity contribution is 5.95. The Labute approximate surface area is 152 Å². The number of hydrogen-bond acceptors (Lipinski definition) is 6. The number of nitrogens with zero attached hydrogens (tertiary/aromatic N) is 5. The molecule has 1 spiro atoms. The summed E-state index contributed by atoms with van der Waals surface area (Å²) >= 11 is 0. The van der Waals surface area contributed by atoms with Crippen LogP contribution in [0.5, 0.6) is 0 Å². The summed E-state index contributed by atoms with van der Waals surface area (Å²) < 4.78 is 13.6. The second kappa shape index (κ2) is 6.69. The van der Waals surface area contributed by atoms with Crippen LogP contribution in [0.1, 0.15) is 5.69 Å². The highest BCUT2D eigenvalue weighted by Crippen LogP contribution is 2.28. The highest BCUT2D eigenvalue weighted by atomic mass is 16.6. The van der Waals surface area contributed by atoms with Crippen LogP contribution < -0.4 is 9.80 Å². The van der Waals surface area contributed by atoms with Gasteiger partial charge < -0.3 is 19.3 Å². The monoisotopic (exact) mass is 357 g/mol. The van der Waals surface area contributed by atoms with E-state index in [1.807, 2.05) is 38.4 Å². The van der Waals surface area contributed by atoms with Gasteiger partial charge in [0.1, 0.15) is 18.0 Å². The predicted octanol–water partition coefficient (Wildman–Crippen LogP) is 0.762. The molecule has 0 bridgehead atoms. The maximum Gasteiger partial charge on any atom is 0.253 e. The van der Waals surface area contributed by atoms with E-state index in [4.69, 9.17) is 9.47 Å². The molecule has 138 valence electrons. The molecule has 2 saturated heterocycles. The molecule has 1 amide bonds. The van der Waals surface area contributed by atoms with E-state index in [0.717, 1.165) is 23.7 Å². The molecule has 0 saturated carbocycles. The predicted molar refractivity (Wildman–Crippen MR) is 96.3 cm³/mol. The zero-order valence-corrected chi connectivity index (χ0v) is 15.1. The quantitative estimate of drug-likeness (QED) is 0.790. The van der Waals surface area contributed by atoms with Crippen molar-refractivity contribution in [2.45, 2.75) is 12.5 Å². The van der Waals surface area contributed by atoms with Crippen LogP contribution in [-0.2, 0) is 21.3 Å². The molecule has 2 aliphatic rings. The first-order valence-electron chi connectivity index (χ1n) is 8.74. The zero-order valence-electron chi connectivity index (χ0n) is 15.1. The normalized spacial score (nSPS) is 24.2. The van der Waals surface area contributed by atoms with Crippen LogP contribution in [0.3, 0.4) is 0 Å². The number of anilines is 2. The highest BCUT2D eigenvalue weighted by Gasteiger charge is 2.44. The van der Waals surface area contributed by atoms with Crippen LogP contribution in [0.15, 0.2) is 30.6 Å². The maximum atomic E-state index is 12.4. The molecule has 0 radical (unpaired) electrons. The second-order valence-electron chi connectivity index (χ2n) is 6.94. The average molecular weight is 357 g/mol. The van der Waals surface area contributed by atoms with Gasteiger partial charge in [-0.05, 0) is 19.1 Å². The number of morpholine rings is 1. The SMILES string of the molecule is Cc1cccc(N2CCOCC3(C2)CN(c2cnn(C)c2)C(=O)CO3)n1. The third kappa shape index (κ3) is 3.30. The lowest BCUT2D eigenvalue weighted by Gasteiger charge is -2.42. The number of rotatable bonds is 2. The molecule has 0 aromatic carbocycles. The van der Waals surface area contributed by atoms with Gasteiger partial charge in [0.25, 0.3) is 5.91 Å². The summed E-state index contributed by atoms with van der Waals surface area (Å²) in [6.07, 6.45) is 3.54. The fraction of sp³-hybridized carbons (Fsp3) is 0.500. The van der Waals surface area contributed by atoms with Crippen LogP contribution in [0, 0.1) is 6.92 Å². The second-order valence-corrected chi connectivity index (χ2v) is 6.94. The van der Waals surface area contributed by atoms with Crippen molar-refractivity contribution in [2.24, 2.45) is 7.05 Å². The van der Waals surface area contributed by atoms with Crippen molar-refractivity contribution >= 4 is 17.4 Å². The number of carbonyl (C=O) groups excluding carboxylic acids is 1. The van der Waals surface area contributed by atoms with E-state index < -0.39 is 5.60 Å². The summed E-state index contributed by atoms with van der Waals surface area (Å²) in [7, 11) is 1.84. The third-order valence-electron chi connectivity index (χ3n) is 4.80. The summed E-state index contributed by atoms with van der Waals surface area (Å²) in [5.74, 6) is 0.844. The lowest BCUT2D eigenvalue weighted by atomic mass is 10.0. The molecule has 4 rings (SSSR count). The molecular formula is C18H23N5O3. The Hall–Kier alpha value is -2.45. The smallest absolute Gasteiger partial charge is 0.253 e. The summed E-state index contributed by atoms with van der Waals surface area (Å²) in [6, 6.07) is 5.98. The van der Waals surface area contributed by atoms with Gasteiger partial charge >= 0.3 is 0 Å². The van der Waals surface area contributed by atoms with E-state index in [0.29, 0.717) is 26.3 Å². The largest absolute Gasteiger partial charge is 0.376 e. The summed E-state index contributed by atoms with van der Waals surface area (Å²) in [4.78, 5) is 21.0. The van der Waals surface area contributed by atoms with Crippen molar-refractivity contribution in [3.8, 4) is 0 Å². The Kier molecular flexibility index (Phi) is 4.37. The van der Waals surface area contributed by atoms with Crippen LogP contribution in [0.2, 0.25) is 0 Å². The van der Waals surface area contributed by atoms with Crippen molar-refractivity contribution in [1.82, 2.24) is 14.8 Å². The first kappa shape index (κ1) is 17.0. The Morgan fingerprint density at radius 2 is 2.15 bits per heavy atom. The molecule has 1 unspecified atom stereocenters. The minimum atomic E-state index is -0.592. The number of aryl methyl sites for hydroxylation is 2. The summed E-state index contributed by atoms with van der Waals surface area (Å²) in [5, 5.41) is 4.18. The minimum Gasteiger partial charge on any atom is -0.376 e. The molecule has 0 aliphatic carbocycles. The van der Waals surface area contributed by atoms with Gasteiger partial charge in [-0.2, -0.15) is 5.10 Å². The number of pyridine rings is 1. The summed E-state index contributed by atoms with van der Waals surface area (Å²) in [5.41, 5.74) is 1.16. The molecule has 0 N–H and O–H groups in total. The molecule has 4 heterocycles.